The highest BCUT2D eigenvalue weighted by Gasteiger charge is 2.16. The summed E-state index contributed by atoms with van der Waals surface area (Å²) in [4.78, 5) is 12.0. The summed E-state index contributed by atoms with van der Waals surface area (Å²) >= 11 is 3.39. The maximum Gasteiger partial charge on any atom is 0.265 e. The monoisotopic (exact) mass is 351 g/mol. The van der Waals surface area contributed by atoms with E-state index in [1.54, 1.807) is 19.1 Å². The summed E-state index contributed by atoms with van der Waals surface area (Å²) in [7, 11) is 0. The summed E-state index contributed by atoms with van der Waals surface area (Å²) in [6, 6.07) is 11.3. The minimum absolute atomic E-state index is 0.340. The van der Waals surface area contributed by atoms with Gasteiger partial charge in [0.25, 0.3) is 5.91 Å². The molecule has 0 heterocycles. The van der Waals surface area contributed by atoms with Crippen LogP contribution < -0.4 is 10.1 Å². The predicted molar refractivity (Wildman–Crippen MR) is 84.0 cm³/mol. The van der Waals surface area contributed by atoms with Gasteiger partial charge in [0, 0.05) is 5.69 Å². The second kappa shape index (κ2) is 6.72. The summed E-state index contributed by atoms with van der Waals surface area (Å²) in [6.07, 6.45) is -0.702. The van der Waals surface area contributed by atoms with Crippen LogP contribution in [0.1, 0.15) is 12.5 Å². The SMILES string of the molecule is Cc1ccc(O[C@H](C)C(=O)Nc2cccc(F)c2)c(Br)c1. The van der Waals surface area contributed by atoms with Gasteiger partial charge in [-0.15, -0.1) is 0 Å². The number of aryl methyl sites for hydroxylation is 1. The summed E-state index contributed by atoms with van der Waals surface area (Å²) in [6.45, 7) is 3.61. The first-order valence-electron chi connectivity index (χ1n) is 6.45. The van der Waals surface area contributed by atoms with Crippen molar-refractivity contribution in [1.29, 1.82) is 0 Å². The Labute approximate surface area is 131 Å². The Hall–Kier alpha value is -1.88. The van der Waals surface area contributed by atoms with Crippen molar-refractivity contribution < 1.29 is 13.9 Å². The lowest BCUT2D eigenvalue weighted by atomic mass is 10.2. The average molecular weight is 352 g/mol. The molecule has 0 bridgehead atoms. The molecule has 0 aliphatic rings. The van der Waals surface area contributed by atoms with E-state index in [0.717, 1.165) is 10.0 Å². The highest BCUT2D eigenvalue weighted by atomic mass is 79.9. The van der Waals surface area contributed by atoms with Crippen molar-refractivity contribution in [2.24, 2.45) is 0 Å². The normalized spacial score (nSPS) is 11.8. The Morgan fingerprint density at radius 2 is 2.05 bits per heavy atom. The standard InChI is InChI=1S/C16H15BrFNO2/c1-10-6-7-15(14(17)8-10)21-11(2)16(20)19-13-5-3-4-12(18)9-13/h3-9,11H,1-2H3,(H,19,20)/t11-/m1/s1. The number of amides is 1. The second-order valence-corrected chi connectivity index (χ2v) is 5.55. The number of hydrogen-bond acceptors (Lipinski definition) is 2. The van der Waals surface area contributed by atoms with Gasteiger partial charge in [0.1, 0.15) is 11.6 Å². The number of halogens is 2. The van der Waals surface area contributed by atoms with E-state index in [1.807, 2.05) is 19.1 Å². The molecule has 1 N–H and O–H groups in total. The van der Waals surface area contributed by atoms with Crippen LogP contribution >= 0.6 is 15.9 Å². The number of carbonyl (C=O) groups excluding carboxylic acids is 1. The molecule has 0 fully saturated rings. The molecule has 1 atom stereocenters. The highest BCUT2D eigenvalue weighted by molar-refractivity contribution is 9.10. The molecule has 2 rings (SSSR count). The van der Waals surface area contributed by atoms with Crippen LogP contribution in [0.4, 0.5) is 10.1 Å². The van der Waals surface area contributed by atoms with Gasteiger partial charge >= 0.3 is 0 Å². The lowest BCUT2D eigenvalue weighted by Gasteiger charge is -2.16. The molecule has 2 aromatic carbocycles. The first-order valence-corrected chi connectivity index (χ1v) is 7.24. The fourth-order valence-electron chi connectivity index (χ4n) is 1.76. The Kier molecular flexibility index (Phi) is 4.96. The van der Waals surface area contributed by atoms with Gasteiger partial charge in [-0.1, -0.05) is 12.1 Å². The van der Waals surface area contributed by atoms with Crippen LogP contribution in [0.15, 0.2) is 46.9 Å². The van der Waals surface area contributed by atoms with Gasteiger partial charge in [-0.25, -0.2) is 4.39 Å². The van der Waals surface area contributed by atoms with Gasteiger partial charge in [0.2, 0.25) is 0 Å². The lowest BCUT2D eigenvalue weighted by Crippen LogP contribution is -2.30. The smallest absolute Gasteiger partial charge is 0.265 e. The van der Waals surface area contributed by atoms with Crippen molar-refractivity contribution in [3.8, 4) is 5.75 Å². The van der Waals surface area contributed by atoms with Crippen molar-refractivity contribution in [1.82, 2.24) is 0 Å². The van der Waals surface area contributed by atoms with Crippen LogP contribution in [-0.2, 0) is 4.79 Å². The Balaban J connectivity index is 2.02. The lowest BCUT2D eigenvalue weighted by molar-refractivity contribution is -0.122. The van der Waals surface area contributed by atoms with Crippen molar-refractivity contribution >= 4 is 27.5 Å². The maximum atomic E-state index is 13.1. The summed E-state index contributed by atoms with van der Waals surface area (Å²) in [5.41, 5.74) is 1.49. The molecule has 1 amide bonds. The quantitative estimate of drug-likeness (QED) is 0.891. The molecular weight excluding hydrogens is 337 g/mol. The predicted octanol–water partition coefficient (Wildman–Crippen LogP) is 4.30. The molecule has 0 saturated heterocycles. The van der Waals surface area contributed by atoms with Gasteiger partial charge in [-0.2, -0.15) is 0 Å². The fraction of sp³-hybridized carbons (Fsp3) is 0.188. The van der Waals surface area contributed by atoms with E-state index in [-0.39, 0.29) is 5.91 Å². The van der Waals surface area contributed by atoms with Gasteiger partial charge in [0.15, 0.2) is 6.10 Å². The number of anilines is 1. The van der Waals surface area contributed by atoms with Crippen LogP contribution in [-0.4, -0.2) is 12.0 Å². The highest BCUT2D eigenvalue weighted by Crippen LogP contribution is 2.26. The third-order valence-electron chi connectivity index (χ3n) is 2.85. The minimum Gasteiger partial charge on any atom is -0.480 e. The van der Waals surface area contributed by atoms with E-state index < -0.39 is 11.9 Å². The minimum atomic E-state index is -0.702. The number of benzene rings is 2. The molecule has 0 radical (unpaired) electrons. The largest absolute Gasteiger partial charge is 0.480 e. The molecule has 0 saturated carbocycles. The molecule has 0 unspecified atom stereocenters. The third kappa shape index (κ3) is 4.29. The molecule has 0 aliphatic heterocycles. The van der Waals surface area contributed by atoms with E-state index in [1.165, 1.54) is 18.2 Å². The molecule has 5 heteroatoms. The molecule has 110 valence electrons. The van der Waals surface area contributed by atoms with Crippen molar-refractivity contribution in [3.05, 3.63) is 58.3 Å². The molecule has 0 aliphatic carbocycles. The van der Waals surface area contributed by atoms with Crippen molar-refractivity contribution in [3.63, 3.8) is 0 Å². The second-order valence-electron chi connectivity index (χ2n) is 4.69. The van der Waals surface area contributed by atoms with Crippen LogP contribution in [0.25, 0.3) is 0 Å². The number of rotatable bonds is 4. The molecular formula is C16H15BrFNO2. The maximum absolute atomic E-state index is 13.1. The van der Waals surface area contributed by atoms with Crippen LogP contribution in [0.2, 0.25) is 0 Å². The fourth-order valence-corrected chi connectivity index (χ4v) is 2.34. The third-order valence-corrected chi connectivity index (χ3v) is 3.47. The molecule has 2 aromatic rings. The van der Waals surface area contributed by atoms with Gasteiger partial charge in [0.05, 0.1) is 4.47 Å². The van der Waals surface area contributed by atoms with Gasteiger partial charge < -0.3 is 10.1 Å². The number of hydrogen-bond donors (Lipinski definition) is 1. The van der Waals surface area contributed by atoms with E-state index in [2.05, 4.69) is 21.2 Å². The summed E-state index contributed by atoms with van der Waals surface area (Å²) in [5, 5.41) is 2.61. The van der Waals surface area contributed by atoms with E-state index >= 15 is 0 Å². The number of ether oxygens (including phenoxy) is 1. The Morgan fingerprint density at radius 1 is 1.29 bits per heavy atom. The zero-order valence-electron chi connectivity index (χ0n) is 11.7. The van der Waals surface area contributed by atoms with Crippen molar-refractivity contribution in [2.45, 2.75) is 20.0 Å². The molecule has 21 heavy (non-hydrogen) atoms. The zero-order chi connectivity index (χ0) is 15.4. The topological polar surface area (TPSA) is 38.3 Å². The van der Waals surface area contributed by atoms with Crippen LogP contribution in [0.5, 0.6) is 5.75 Å². The van der Waals surface area contributed by atoms with Gasteiger partial charge in [-0.3, -0.25) is 4.79 Å². The average Bonchev–Trinajstić information content (AvgIpc) is 2.41. The first kappa shape index (κ1) is 15.5. The summed E-state index contributed by atoms with van der Waals surface area (Å²) in [5.74, 6) is -0.154. The number of nitrogens with one attached hydrogen (secondary N) is 1. The zero-order valence-corrected chi connectivity index (χ0v) is 13.3. The Bertz CT molecular complexity index is 660. The summed E-state index contributed by atoms with van der Waals surface area (Å²) < 4.78 is 19.5. The first-order chi connectivity index (χ1) is 9.95. The van der Waals surface area contributed by atoms with E-state index in [9.17, 15) is 9.18 Å². The van der Waals surface area contributed by atoms with Crippen molar-refractivity contribution in [2.75, 3.05) is 5.32 Å². The molecule has 0 aromatic heterocycles. The van der Waals surface area contributed by atoms with Crippen LogP contribution in [0, 0.1) is 12.7 Å². The Morgan fingerprint density at radius 3 is 2.71 bits per heavy atom. The van der Waals surface area contributed by atoms with Crippen LogP contribution in [0.3, 0.4) is 0 Å². The van der Waals surface area contributed by atoms with E-state index in [4.69, 9.17) is 4.74 Å². The molecule has 0 spiro atoms. The number of carbonyl (C=O) groups is 1. The van der Waals surface area contributed by atoms with Gasteiger partial charge in [-0.05, 0) is 65.7 Å². The van der Waals surface area contributed by atoms with E-state index in [0.29, 0.717) is 11.4 Å². The molecule has 3 nitrogen and oxygen atoms in total.